The van der Waals surface area contributed by atoms with E-state index in [1.54, 1.807) is 14.1 Å². The third-order valence-corrected chi connectivity index (χ3v) is 8.91. The Morgan fingerprint density at radius 1 is 0.741 bits per heavy atom. The Morgan fingerprint density at radius 2 is 1.26 bits per heavy atom. The zero-order valence-corrected chi connectivity index (χ0v) is 31.6. The Balaban J connectivity index is 1.52. The Kier molecular flexibility index (Phi) is 13.9. The molecule has 4 aromatic rings. The molecule has 0 radical (unpaired) electrons. The van der Waals surface area contributed by atoms with Crippen LogP contribution >= 0.6 is 23.2 Å². The summed E-state index contributed by atoms with van der Waals surface area (Å²) in [5.74, 6) is 0.826. The van der Waals surface area contributed by atoms with Crippen molar-refractivity contribution >= 4 is 87.7 Å². The summed E-state index contributed by atoms with van der Waals surface area (Å²) in [4.78, 5) is 55.5. The van der Waals surface area contributed by atoms with Crippen LogP contribution in [-0.4, -0.2) is 97.0 Å². The van der Waals surface area contributed by atoms with Gasteiger partial charge < -0.3 is 45.0 Å². The fraction of sp³-hybridized carbons (Fsp3) is 0.343. The van der Waals surface area contributed by atoms with E-state index in [4.69, 9.17) is 34.3 Å². The molecule has 7 N–H and O–H groups in total. The van der Waals surface area contributed by atoms with Gasteiger partial charge in [0.25, 0.3) is 5.91 Å². The summed E-state index contributed by atoms with van der Waals surface area (Å²) < 4.78 is 4.35. The highest BCUT2D eigenvalue weighted by atomic mass is 35.5. The third kappa shape index (κ3) is 9.78. The maximum absolute atomic E-state index is 13.1. The molecule has 17 nitrogen and oxygen atoms in total. The summed E-state index contributed by atoms with van der Waals surface area (Å²) in [6, 6.07) is 12.1. The molecule has 54 heavy (non-hydrogen) atoms. The van der Waals surface area contributed by atoms with Gasteiger partial charge in [-0.2, -0.15) is 0 Å². The Hall–Kier alpha value is -5.81. The van der Waals surface area contributed by atoms with Gasteiger partial charge in [0.15, 0.2) is 0 Å². The number of amides is 4. The van der Waals surface area contributed by atoms with Gasteiger partial charge in [-0.25, -0.2) is 24.2 Å². The zero-order chi connectivity index (χ0) is 39.7. The second kappa shape index (κ2) is 18.3. The molecule has 0 saturated carbocycles. The van der Waals surface area contributed by atoms with Gasteiger partial charge in [-0.3, -0.25) is 15.1 Å². The highest BCUT2D eigenvalue weighted by Crippen LogP contribution is 2.36. The molecular formula is C35H44Cl2N10O7. The predicted molar refractivity (Wildman–Crippen MR) is 209 cm³/mol. The Morgan fingerprint density at radius 3 is 1.78 bits per heavy atom. The Bertz CT molecular complexity index is 1970. The van der Waals surface area contributed by atoms with Gasteiger partial charge in [-0.1, -0.05) is 12.1 Å². The van der Waals surface area contributed by atoms with Gasteiger partial charge in [-0.15, -0.1) is 23.2 Å². The molecule has 4 rings (SSSR count). The lowest BCUT2D eigenvalue weighted by Gasteiger charge is -2.23. The van der Waals surface area contributed by atoms with Crippen LogP contribution in [0.25, 0.3) is 0 Å². The molecule has 3 aromatic heterocycles. The van der Waals surface area contributed by atoms with Crippen LogP contribution < -0.4 is 30.7 Å². The number of benzene rings is 1. The van der Waals surface area contributed by atoms with Crippen molar-refractivity contribution in [3.05, 3.63) is 72.2 Å². The molecule has 3 heterocycles. The first-order chi connectivity index (χ1) is 25.7. The van der Waals surface area contributed by atoms with E-state index in [-0.39, 0.29) is 59.6 Å². The first-order valence-electron chi connectivity index (χ1n) is 16.8. The van der Waals surface area contributed by atoms with E-state index in [0.29, 0.717) is 37.8 Å². The fourth-order valence-corrected chi connectivity index (χ4v) is 6.40. The quantitative estimate of drug-likeness (QED) is 0.0408. The van der Waals surface area contributed by atoms with Crippen LogP contribution in [0.4, 0.5) is 48.9 Å². The first-order valence-corrected chi connectivity index (χ1v) is 17.9. The molecule has 0 aliphatic heterocycles. The lowest BCUT2D eigenvalue weighted by atomic mass is 10.1. The second-order valence-corrected chi connectivity index (χ2v) is 13.1. The van der Waals surface area contributed by atoms with Crippen molar-refractivity contribution < 1.29 is 34.5 Å². The van der Waals surface area contributed by atoms with E-state index >= 15 is 0 Å². The second-order valence-electron chi connectivity index (χ2n) is 12.4. The van der Waals surface area contributed by atoms with Crippen LogP contribution in [0, 0.1) is 5.41 Å². The van der Waals surface area contributed by atoms with Gasteiger partial charge in [0, 0.05) is 102 Å². The number of aromatic nitrogens is 3. The van der Waals surface area contributed by atoms with Crippen LogP contribution in [0.1, 0.15) is 28.8 Å². The number of nitrogens with two attached hydrogens (primary N) is 1. The number of halogens is 2. The number of amidine groups is 1. The summed E-state index contributed by atoms with van der Waals surface area (Å²) in [6.45, 7) is 1.68. The maximum Gasteiger partial charge on any atom is 0.417 e. The number of anilines is 6. The average Bonchev–Trinajstić information content (AvgIpc) is 3.79. The summed E-state index contributed by atoms with van der Waals surface area (Å²) in [6.07, 6.45) is 1.31. The first kappa shape index (κ1) is 41.0. The number of nitrogens with one attached hydrogen (secondary N) is 2. The third-order valence-electron chi connectivity index (χ3n) is 8.57. The van der Waals surface area contributed by atoms with Gasteiger partial charge in [0.05, 0.1) is 22.8 Å². The van der Waals surface area contributed by atoms with Gasteiger partial charge in [0.1, 0.15) is 17.5 Å². The molecule has 0 unspecified atom stereocenters. The van der Waals surface area contributed by atoms with Crippen molar-refractivity contribution in [2.45, 2.75) is 19.3 Å². The molecule has 0 aliphatic carbocycles. The minimum Gasteiger partial charge on any atom is -0.465 e. The van der Waals surface area contributed by atoms with Crippen LogP contribution in [0.3, 0.4) is 0 Å². The van der Waals surface area contributed by atoms with E-state index in [1.165, 1.54) is 57.5 Å². The van der Waals surface area contributed by atoms with Crippen LogP contribution in [0.5, 0.6) is 0 Å². The minimum atomic E-state index is -1.41. The van der Waals surface area contributed by atoms with Crippen molar-refractivity contribution in [2.24, 2.45) is 26.9 Å². The highest BCUT2D eigenvalue weighted by Gasteiger charge is 2.29. The van der Waals surface area contributed by atoms with Crippen LogP contribution in [0.15, 0.2) is 61.1 Å². The fourth-order valence-electron chi connectivity index (χ4n) is 5.99. The Labute approximate surface area is 321 Å². The highest BCUT2D eigenvalue weighted by molar-refractivity contribution is 6.18. The topological polar surface area (TPSA) is 219 Å². The molecule has 0 aliphatic rings. The summed E-state index contributed by atoms with van der Waals surface area (Å²) in [5, 5.41) is 40.8. The molecule has 0 atom stereocenters. The van der Waals surface area contributed by atoms with Crippen LogP contribution in [0.2, 0.25) is 0 Å². The van der Waals surface area contributed by atoms with Gasteiger partial charge in [-0.05, 0) is 36.6 Å². The molecular weight excluding hydrogens is 743 g/mol. The van der Waals surface area contributed by atoms with E-state index in [9.17, 15) is 34.5 Å². The molecule has 19 heteroatoms. The number of rotatable bonds is 18. The van der Waals surface area contributed by atoms with E-state index < -0.39 is 24.2 Å². The van der Waals surface area contributed by atoms with Crippen molar-refractivity contribution in [1.29, 1.82) is 5.41 Å². The lowest BCUT2D eigenvalue weighted by Crippen LogP contribution is -2.32. The number of carboxylic acid groups (broad SMARTS) is 3. The monoisotopic (exact) mass is 786 g/mol. The van der Waals surface area contributed by atoms with Crippen LogP contribution in [-0.2, 0) is 27.6 Å². The van der Waals surface area contributed by atoms with Gasteiger partial charge >= 0.3 is 18.3 Å². The zero-order valence-electron chi connectivity index (χ0n) is 30.1. The number of nitrogens with zero attached hydrogens (tertiary/aromatic N) is 7. The SMILES string of the molecule is Cn1cc(N(C(=O)O)c2cc(N(C(=O)O)c3cc(C(=O)NCCc4ccc(N(CCCl)CCCl)cc4)cn3C)cn2C)cc1N(CCCC(=N)N)C(=O)O. The number of aryl methyl sites for hydroxylation is 3. The predicted octanol–water partition coefficient (Wildman–Crippen LogP) is 5.79. The van der Waals surface area contributed by atoms with Crippen molar-refractivity contribution in [2.75, 3.05) is 57.5 Å². The molecule has 4 amide bonds. The molecule has 0 fully saturated rings. The number of carbonyl (C=O) groups is 4. The summed E-state index contributed by atoms with van der Waals surface area (Å²) in [7, 11) is 4.69. The molecule has 0 spiro atoms. The molecule has 0 bridgehead atoms. The van der Waals surface area contributed by atoms with Crippen molar-refractivity contribution in [3.63, 3.8) is 0 Å². The largest absolute Gasteiger partial charge is 0.465 e. The van der Waals surface area contributed by atoms with E-state index in [1.807, 2.05) is 24.3 Å². The van der Waals surface area contributed by atoms with Crippen molar-refractivity contribution in [1.82, 2.24) is 19.0 Å². The summed E-state index contributed by atoms with van der Waals surface area (Å²) in [5.41, 5.74) is 7.83. The molecule has 1 aromatic carbocycles. The van der Waals surface area contributed by atoms with Crippen molar-refractivity contribution in [3.8, 4) is 0 Å². The number of alkyl halides is 2. The number of hydrogen-bond donors (Lipinski definition) is 6. The minimum absolute atomic E-state index is 0.0101. The maximum atomic E-state index is 13.1. The van der Waals surface area contributed by atoms with E-state index in [0.717, 1.165) is 26.0 Å². The average molecular weight is 788 g/mol. The normalized spacial score (nSPS) is 10.9. The van der Waals surface area contributed by atoms with Gasteiger partial charge in [0.2, 0.25) is 0 Å². The summed E-state index contributed by atoms with van der Waals surface area (Å²) >= 11 is 11.8. The smallest absolute Gasteiger partial charge is 0.417 e. The number of carbonyl (C=O) groups excluding carboxylic acids is 1. The van der Waals surface area contributed by atoms with E-state index in [2.05, 4.69) is 10.2 Å². The lowest BCUT2D eigenvalue weighted by molar-refractivity contribution is 0.0954. The molecule has 0 saturated heterocycles. The number of hydrogen-bond acceptors (Lipinski definition) is 6. The molecule has 290 valence electrons. The standard InChI is InChI=1S/C35H44Cl2N10O7/c1-41-20-24(32(48)40-13-10-23-6-8-25(9-7-23)44(15-11-36)16-12-37)17-30(41)46(34(51)52)27-19-31(43(3)22-27)47(35(53)54)26-18-29(42(2)21-26)45(33(49)50)14-4-5-28(38)39/h6-9,17-22H,4-5,10-16H2,1-3H3,(H3,38,39)(H,40,48)(H,49,50)(H,51,52)(H,53,54).